The summed E-state index contributed by atoms with van der Waals surface area (Å²) < 4.78 is 37.3. The molecule has 0 radical (unpaired) electrons. The van der Waals surface area contributed by atoms with Crippen LogP contribution in [0.1, 0.15) is 6.92 Å². The number of ether oxygens (including phenoxy) is 1. The number of nitrogens with zero attached hydrogens (tertiary/aromatic N) is 1. The van der Waals surface area contributed by atoms with Crippen LogP contribution in [0.5, 0.6) is 0 Å². The lowest BCUT2D eigenvalue weighted by atomic mass is 10.6. The number of allylic oxidation sites excluding steroid dienone is 1. The summed E-state index contributed by atoms with van der Waals surface area (Å²) in [5.74, 6) is -0.331. The molecule has 0 atom stereocenters. The molecular formula is C5H6F3NO. The van der Waals surface area contributed by atoms with E-state index in [1.165, 1.54) is 0 Å². The van der Waals surface area contributed by atoms with E-state index in [-0.39, 0.29) is 5.76 Å². The smallest absolute Gasteiger partial charge is 0.409 e. The van der Waals surface area contributed by atoms with Crippen LogP contribution < -0.4 is 0 Å². The van der Waals surface area contributed by atoms with E-state index < -0.39 is 6.36 Å². The zero-order valence-corrected chi connectivity index (χ0v) is 5.27. The Kier molecular flexibility index (Phi) is 2.92. The molecule has 0 aliphatic heterocycles. The van der Waals surface area contributed by atoms with Gasteiger partial charge >= 0.3 is 6.36 Å². The fourth-order valence-electron chi connectivity index (χ4n) is 0.337. The first-order chi connectivity index (χ1) is 4.45. The van der Waals surface area contributed by atoms with E-state index in [1.54, 1.807) is 0 Å². The van der Waals surface area contributed by atoms with E-state index in [1.807, 2.05) is 0 Å². The van der Waals surface area contributed by atoms with Crippen molar-refractivity contribution >= 4 is 6.72 Å². The molecule has 0 aromatic rings. The van der Waals surface area contributed by atoms with Crippen LogP contribution in [0.4, 0.5) is 13.2 Å². The Labute approximate surface area is 56.0 Å². The number of alkyl halides is 3. The fourth-order valence-corrected chi connectivity index (χ4v) is 0.337. The van der Waals surface area contributed by atoms with Gasteiger partial charge in [-0.15, -0.1) is 13.2 Å². The minimum absolute atomic E-state index is 0.331. The van der Waals surface area contributed by atoms with E-state index >= 15 is 0 Å². The average Bonchev–Trinajstić information content (AvgIpc) is 1.59. The van der Waals surface area contributed by atoms with Gasteiger partial charge in [-0.05, 0) is 13.6 Å². The van der Waals surface area contributed by atoms with Crippen molar-refractivity contribution in [2.45, 2.75) is 13.3 Å². The molecule has 0 aromatic heterocycles. The molecule has 0 saturated carbocycles. The zero-order valence-electron chi connectivity index (χ0n) is 5.27. The summed E-state index contributed by atoms with van der Waals surface area (Å²) in [7, 11) is 0. The van der Waals surface area contributed by atoms with E-state index in [9.17, 15) is 13.2 Å². The van der Waals surface area contributed by atoms with Crippen LogP contribution in [0.15, 0.2) is 17.0 Å². The molecule has 0 spiro atoms. The standard InChI is InChI=1S/C5H6F3NO/c1-4(3-9-2)10-5(6,7)8/h3H,2H2,1H3/b4-3+. The van der Waals surface area contributed by atoms with E-state index in [4.69, 9.17) is 0 Å². The molecular weight excluding hydrogens is 147 g/mol. The lowest BCUT2D eigenvalue weighted by Crippen LogP contribution is -2.11. The topological polar surface area (TPSA) is 21.6 Å². The van der Waals surface area contributed by atoms with Crippen molar-refractivity contribution in [1.82, 2.24) is 0 Å². The van der Waals surface area contributed by atoms with Gasteiger partial charge in [0.2, 0.25) is 0 Å². The largest absolute Gasteiger partial charge is 0.572 e. The third-order valence-corrected chi connectivity index (χ3v) is 0.550. The van der Waals surface area contributed by atoms with Crippen LogP contribution in [0.3, 0.4) is 0 Å². The molecule has 0 heterocycles. The maximum atomic E-state index is 11.3. The molecule has 0 N–H and O–H groups in total. The van der Waals surface area contributed by atoms with E-state index in [0.717, 1.165) is 13.1 Å². The van der Waals surface area contributed by atoms with Gasteiger partial charge in [-0.1, -0.05) is 0 Å². The number of halogens is 3. The van der Waals surface area contributed by atoms with Crippen molar-refractivity contribution in [3.8, 4) is 0 Å². The van der Waals surface area contributed by atoms with Gasteiger partial charge in [0, 0.05) is 0 Å². The Morgan fingerprint density at radius 2 is 2.10 bits per heavy atom. The fraction of sp³-hybridized carbons (Fsp3) is 0.400. The summed E-state index contributed by atoms with van der Waals surface area (Å²) in [5.41, 5.74) is 0. The van der Waals surface area contributed by atoms with E-state index in [0.29, 0.717) is 0 Å². The van der Waals surface area contributed by atoms with Gasteiger partial charge < -0.3 is 4.74 Å². The predicted octanol–water partition coefficient (Wildman–Crippen LogP) is 2.08. The maximum Gasteiger partial charge on any atom is 0.572 e. The van der Waals surface area contributed by atoms with Gasteiger partial charge in [-0.25, -0.2) is 0 Å². The second-order valence-corrected chi connectivity index (χ2v) is 1.47. The molecule has 0 saturated heterocycles. The summed E-state index contributed by atoms with van der Waals surface area (Å²) in [5, 5.41) is 0. The molecule has 0 aliphatic rings. The van der Waals surface area contributed by atoms with E-state index in [2.05, 4.69) is 16.4 Å². The first-order valence-corrected chi connectivity index (χ1v) is 2.34. The zero-order chi connectivity index (χ0) is 8.20. The van der Waals surface area contributed by atoms with Crippen molar-refractivity contribution in [2.75, 3.05) is 0 Å². The number of hydrogen-bond donors (Lipinski definition) is 0. The highest BCUT2D eigenvalue weighted by Gasteiger charge is 2.30. The Bertz CT molecular complexity index is 149. The normalized spacial score (nSPS) is 13.0. The number of hydrogen-bond acceptors (Lipinski definition) is 2. The van der Waals surface area contributed by atoms with Gasteiger partial charge in [0.15, 0.2) is 0 Å². The summed E-state index contributed by atoms with van der Waals surface area (Å²) in [4.78, 5) is 3.08. The molecule has 0 bridgehead atoms. The highest BCUT2D eigenvalue weighted by atomic mass is 19.4. The van der Waals surface area contributed by atoms with Crippen molar-refractivity contribution in [2.24, 2.45) is 4.99 Å². The molecule has 0 fully saturated rings. The van der Waals surface area contributed by atoms with Crippen molar-refractivity contribution in [3.63, 3.8) is 0 Å². The summed E-state index contributed by atoms with van der Waals surface area (Å²) in [6.07, 6.45) is -3.75. The molecule has 58 valence electrons. The van der Waals surface area contributed by atoms with Crippen LogP contribution >= 0.6 is 0 Å². The predicted molar refractivity (Wildman–Crippen MR) is 30.4 cm³/mol. The Morgan fingerprint density at radius 1 is 1.60 bits per heavy atom. The van der Waals surface area contributed by atoms with Crippen LogP contribution in [-0.4, -0.2) is 13.1 Å². The van der Waals surface area contributed by atoms with Gasteiger partial charge in [0.05, 0.1) is 6.20 Å². The first-order valence-electron chi connectivity index (χ1n) is 2.34. The third-order valence-electron chi connectivity index (χ3n) is 0.550. The van der Waals surface area contributed by atoms with Crippen LogP contribution in [0.2, 0.25) is 0 Å². The molecule has 10 heavy (non-hydrogen) atoms. The van der Waals surface area contributed by atoms with Gasteiger partial charge in [0.1, 0.15) is 5.76 Å². The van der Waals surface area contributed by atoms with Crippen molar-refractivity contribution in [3.05, 3.63) is 12.0 Å². The monoisotopic (exact) mass is 153 g/mol. The number of rotatable bonds is 2. The van der Waals surface area contributed by atoms with Crippen molar-refractivity contribution in [1.29, 1.82) is 0 Å². The quantitative estimate of drug-likeness (QED) is 0.439. The first kappa shape index (κ1) is 9.00. The Morgan fingerprint density at radius 3 is 2.40 bits per heavy atom. The molecule has 0 unspecified atom stereocenters. The van der Waals surface area contributed by atoms with Crippen LogP contribution in [-0.2, 0) is 4.74 Å². The lowest BCUT2D eigenvalue weighted by Gasteiger charge is -2.06. The van der Waals surface area contributed by atoms with Crippen molar-refractivity contribution < 1.29 is 17.9 Å². The highest BCUT2D eigenvalue weighted by molar-refractivity contribution is 5.25. The van der Waals surface area contributed by atoms with Gasteiger partial charge in [0.25, 0.3) is 0 Å². The minimum atomic E-state index is -4.63. The average molecular weight is 153 g/mol. The second kappa shape index (κ2) is 3.24. The van der Waals surface area contributed by atoms with Crippen LogP contribution in [0, 0.1) is 0 Å². The van der Waals surface area contributed by atoms with Gasteiger partial charge in [-0.3, -0.25) is 4.99 Å². The second-order valence-electron chi connectivity index (χ2n) is 1.47. The SMILES string of the molecule is C=N/C=C(\C)OC(F)(F)F. The summed E-state index contributed by atoms with van der Waals surface area (Å²) >= 11 is 0. The molecule has 0 rings (SSSR count). The summed E-state index contributed by atoms with van der Waals surface area (Å²) in [6, 6.07) is 0. The van der Waals surface area contributed by atoms with Gasteiger partial charge in [-0.2, -0.15) is 0 Å². The Balaban J connectivity index is 3.91. The molecule has 0 aliphatic carbocycles. The highest BCUT2D eigenvalue weighted by Crippen LogP contribution is 2.19. The number of aliphatic imine (C=N–C) groups is 1. The maximum absolute atomic E-state index is 11.3. The molecule has 5 heteroatoms. The van der Waals surface area contributed by atoms with Crippen LogP contribution in [0.25, 0.3) is 0 Å². The third kappa shape index (κ3) is 5.14. The molecule has 0 aromatic carbocycles. The molecule has 0 amide bonds. The summed E-state index contributed by atoms with van der Waals surface area (Å²) in [6.45, 7) is 4.10. The lowest BCUT2D eigenvalue weighted by molar-refractivity contribution is -0.305. The minimum Gasteiger partial charge on any atom is -0.409 e. The molecule has 2 nitrogen and oxygen atoms in total. The Hall–Kier alpha value is -1.00.